The molecule has 3 rings (SSSR count). The second kappa shape index (κ2) is 10.7. The highest BCUT2D eigenvalue weighted by Gasteiger charge is 2.24. The van der Waals surface area contributed by atoms with Crippen LogP contribution in [-0.2, 0) is 11.3 Å². The van der Waals surface area contributed by atoms with E-state index in [1.165, 1.54) is 0 Å². The van der Waals surface area contributed by atoms with E-state index in [-0.39, 0.29) is 17.9 Å². The SMILES string of the molecule is COc1ccc(CNC(=O)CC2CCN(C(=O)Nc3ccc(C)cc3)CC2)c(OC)c1. The van der Waals surface area contributed by atoms with Gasteiger partial charge in [-0.05, 0) is 49.9 Å². The molecule has 0 atom stereocenters. The van der Waals surface area contributed by atoms with Crippen LogP contribution in [0.25, 0.3) is 0 Å². The number of urea groups is 1. The normalized spacial score (nSPS) is 14.1. The fourth-order valence-electron chi connectivity index (χ4n) is 3.71. The van der Waals surface area contributed by atoms with Crippen LogP contribution >= 0.6 is 0 Å². The molecule has 1 aliphatic heterocycles. The number of hydrogen-bond acceptors (Lipinski definition) is 4. The minimum Gasteiger partial charge on any atom is -0.497 e. The van der Waals surface area contributed by atoms with Crippen molar-refractivity contribution in [1.82, 2.24) is 10.2 Å². The first kappa shape index (κ1) is 22.5. The summed E-state index contributed by atoms with van der Waals surface area (Å²) in [6.07, 6.45) is 2.10. The quantitative estimate of drug-likeness (QED) is 0.704. The molecule has 1 fully saturated rings. The number of rotatable bonds is 7. The highest BCUT2D eigenvalue weighted by molar-refractivity contribution is 5.89. The monoisotopic (exact) mass is 425 g/mol. The third-order valence-electron chi connectivity index (χ3n) is 5.65. The highest BCUT2D eigenvalue weighted by Crippen LogP contribution is 2.25. The second-order valence-electron chi connectivity index (χ2n) is 7.89. The molecule has 0 aliphatic carbocycles. The van der Waals surface area contributed by atoms with Gasteiger partial charge < -0.3 is 25.0 Å². The molecule has 1 saturated heterocycles. The number of methoxy groups -OCH3 is 2. The molecule has 2 N–H and O–H groups in total. The summed E-state index contributed by atoms with van der Waals surface area (Å²) < 4.78 is 10.6. The van der Waals surface area contributed by atoms with E-state index in [0.29, 0.717) is 37.6 Å². The van der Waals surface area contributed by atoms with E-state index < -0.39 is 0 Å². The van der Waals surface area contributed by atoms with E-state index in [9.17, 15) is 9.59 Å². The van der Waals surface area contributed by atoms with Crippen molar-refractivity contribution in [1.29, 1.82) is 0 Å². The molecule has 2 aromatic rings. The first-order valence-electron chi connectivity index (χ1n) is 10.6. The van der Waals surface area contributed by atoms with Gasteiger partial charge in [-0.3, -0.25) is 4.79 Å². The van der Waals surface area contributed by atoms with Crippen LogP contribution in [0.4, 0.5) is 10.5 Å². The molecule has 2 aromatic carbocycles. The van der Waals surface area contributed by atoms with Crippen molar-refractivity contribution < 1.29 is 19.1 Å². The van der Waals surface area contributed by atoms with Crippen molar-refractivity contribution in [3.8, 4) is 11.5 Å². The van der Waals surface area contributed by atoms with Gasteiger partial charge in [-0.25, -0.2) is 4.79 Å². The molecule has 166 valence electrons. The van der Waals surface area contributed by atoms with Crippen molar-refractivity contribution in [3.63, 3.8) is 0 Å². The van der Waals surface area contributed by atoms with Gasteiger partial charge in [-0.15, -0.1) is 0 Å². The summed E-state index contributed by atoms with van der Waals surface area (Å²) in [5.41, 5.74) is 2.85. The maximum atomic E-state index is 12.5. The minimum absolute atomic E-state index is 0.0143. The first-order valence-corrected chi connectivity index (χ1v) is 10.6. The summed E-state index contributed by atoms with van der Waals surface area (Å²) in [7, 11) is 3.20. The van der Waals surface area contributed by atoms with Gasteiger partial charge in [-0.2, -0.15) is 0 Å². The summed E-state index contributed by atoms with van der Waals surface area (Å²) in [4.78, 5) is 26.7. The van der Waals surface area contributed by atoms with Crippen molar-refractivity contribution >= 4 is 17.6 Å². The number of ether oxygens (including phenoxy) is 2. The number of nitrogens with zero attached hydrogens (tertiary/aromatic N) is 1. The van der Waals surface area contributed by atoms with Crippen LogP contribution in [0.5, 0.6) is 11.5 Å². The third kappa shape index (κ3) is 6.38. The van der Waals surface area contributed by atoms with E-state index in [1.807, 2.05) is 48.2 Å². The van der Waals surface area contributed by atoms with Crippen LogP contribution in [0, 0.1) is 12.8 Å². The Labute approximate surface area is 183 Å². The number of piperidine rings is 1. The van der Waals surface area contributed by atoms with E-state index >= 15 is 0 Å². The average Bonchev–Trinajstić information content (AvgIpc) is 2.79. The van der Waals surface area contributed by atoms with Gasteiger partial charge in [0, 0.05) is 43.4 Å². The van der Waals surface area contributed by atoms with E-state index in [0.717, 1.165) is 29.7 Å². The predicted octanol–water partition coefficient (Wildman–Crippen LogP) is 3.96. The molecule has 0 radical (unpaired) electrons. The van der Waals surface area contributed by atoms with Gasteiger partial charge in [0.05, 0.1) is 14.2 Å². The number of aryl methyl sites for hydroxylation is 1. The Morgan fingerprint density at radius 2 is 1.74 bits per heavy atom. The Hall–Kier alpha value is -3.22. The lowest BCUT2D eigenvalue weighted by Crippen LogP contribution is -2.41. The fraction of sp³-hybridized carbons (Fsp3) is 0.417. The lowest BCUT2D eigenvalue weighted by atomic mass is 9.93. The average molecular weight is 426 g/mol. The van der Waals surface area contributed by atoms with Gasteiger partial charge >= 0.3 is 6.03 Å². The Balaban J connectivity index is 1.41. The van der Waals surface area contributed by atoms with Crippen LogP contribution in [-0.4, -0.2) is 44.1 Å². The van der Waals surface area contributed by atoms with Crippen molar-refractivity contribution in [2.75, 3.05) is 32.6 Å². The molecular weight excluding hydrogens is 394 g/mol. The molecule has 7 heteroatoms. The molecule has 3 amide bonds. The molecule has 31 heavy (non-hydrogen) atoms. The lowest BCUT2D eigenvalue weighted by molar-refractivity contribution is -0.122. The van der Waals surface area contributed by atoms with Crippen molar-refractivity contribution in [3.05, 3.63) is 53.6 Å². The Morgan fingerprint density at radius 3 is 2.39 bits per heavy atom. The van der Waals surface area contributed by atoms with Gasteiger partial charge in [0.15, 0.2) is 0 Å². The Kier molecular flexibility index (Phi) is 7.76. The van der Waals surface area contributed by atoms with Gasteiger partial charge in [0.25, 0.3) is 0 Å². The van der Waals surface area contributed by atoms with Crippen molar-refractivity contribution in [2.45, 2.75) is 32.7 Å². The predicted molar refractivity (Wildman–Crippen MR) is 121 cm³/mol. The standard InChI is InChI=1S/C24H31N3O4/c1-17-4-7-20(8-5-17)26-24(29)27-12-10-18(11-13-27)14-23(28)25-16-19-6-9-21(30-2)15-22(19)31-3/h4-9,15,18H,10-14,16H2,1-3H3,(H,25,28)(H,26,29). The lowest BCUT2D eigenvalue weighted by Gasteiger charge is -2.31. The van der Waals surface area contributed by atoms with Gasteiger partial charge in [0.1, 0.15) is 11.5 Å². The van der Waals surface area contributed by atoms with Crippen LogP contribution in [0.3, 0.4) is 0 Å². The van der Waals surface area contributed by atoms with E-state index in [1.54, 1.807) is 20.3 Å². The number of likely N-dealkylation sites (tertiary alicyclic amines) is 1. The van der Waals surface area contributed by atoms with Crippen LogP contribution in [0.2, 0.25) is 0 Å². The molecule has 0 unspecified atom stereocenters. The molecule has 7 nitrogen and oxygen atoms in total. The largest absolute Gasteiger partial charge is 0.497 e. The molecule has 0 aromatic heterocycles. The smallest absolute Gasteiger partial charge is 0.321 e. The highest BCUT2D eigenvalue weighted by atomic mass is 16.5. The summed E-state index contributed by atoms with van der Waals surface area (Å²) in [5.74, 6) is 1.69. The summed E-state index contributed by atoms with van der Waals surface area (Å²) in [6.45, 7) is 3.73. The summed E-state index contributed by atoms with van der Waals surface area (Å²) >= 11 is 0. The molecule has 1 aliphatic rings. The molecule has 0 bridgehead atoms. The minimum atomic E-state index is -0.0849. The fourth-order valence-corrected chi connectivity index (χ4v) is 3.71. The van der Waals surface area contributed by atoms with Crippen molar-refractivity contribution in [2.24, 2.45) is 5.92 Å². The van der Waals surface area contributed by atoms with E-state index in [4.69, 9.17) is 9.47 Å². The molecule has 0 spiro atoms. The zero-order chi connectivity index (χ0) is 22.2. The van der Waals surface area contributed by atoms with Gasteiger partial charge in [0.2, 0.25) is 5.91 Å². The Bertz CT molecular complexity index is 890. The second-order valence-corrected chi connectivity index (χ2v) is 7.89. The maximum absolute atomic E-state index is 12.5. The van der Waals surface area contributed by atoms with Crippen LogP contribution in [0.15, 0.2) is 42.5 Å². The topological polar surface area (TPSA) is 79.9 Å². The number of benzene rings is 2. The third-order valence-corrected chi connectivity index (χ3v) is 5.65. The zero-order valence-corrected chi connectivity index (χ0v) is 18.4. The maximum Gasteiger partial charge on any atom is 0.321 e. The summed E-state index contributed by atoms with van der Waals surface area (Å²) in [5, 5.41) is 5.92. The van der Waals surface area contributed by atoms with Crippen LogP contribution in [0.1, 0.15) is 30.4 Å². The number of anilines is 1. The Morgan fingerprint density at radius 1 is 1.03 bits per heavy atom. The van der Waals surface area contributed by atoms with E-state index in [2.05, 4.69) is 10.6 Å². The zero-order valence-electron chi connectivity index (χ0n) is 18.4. The van der Waals surface area contributed by atoms with Gasteiger partial charge in [-0.1, -0.05) is 17.7 Å². The number of carbonyl (C=O) groups is 2. The first-order chi connectivity index (χ1) is 15.0. The number of nitrogens with one attached hydrogen (secondary N) is 2. The number of amides is 3. The molecule has 1 heterocycles. The molecular formula is C24H31N3O4. The van der Waals surface area contributed by atoms with Crippen LogP contribution < -0.4 is 20.1 Å². The number of hydrogen-bond donors (Lipinski definition) is 2. The summed E-state index contributed by atoms with van der Waals surface area (Å²) in [6, 6.07) is 13.2. The molecule has 0 saturated carbocycles. The number of carbonyl (C=O) groups excluding carboxylic acids is 2.